The second kappa shape index (κ2) is 8.41. The third kappa shape index (κ3) is 4.12. The van der Waals surface area contributed by atoms with Crippen molar-refractivity contribution in [2.24, 2.45) is 0 Å². The summed E-state index contributed by atoms with van der Waals surface area (Å²) in [7, 11) is 0. The molecule has 0 unspecified atom stereocenters. The Morgan fingerprint density at radius 2 is 1.79 bits per heavy atom. The zero-order chi connectivity index (χ0) is 20.2. The van der Waals surface area contributed by atoms with E-state index in [1.807, 2.05) is 60.8 Å². The topological polar surface area (TPSA) is 63.5 Å². The molecule has 0 radical (unpaired) electrons. The van der Waals surface area contributed by atoms with Crippen LogP contribution < -0.4 is 10.9 Å². The van der Waals surface area contributed by atoms with E-state index in [9.17, 15) is 9.59 Å². The standard InChI is InChI=1S/C23H21N3O2S/c1-16(12-13-17-8-4-2-5-9-17)25-21(27)19-14-24-23-26(22(19)28)20(15-29-23)18-10-6-3-7-11-18/h2-11,14-16H,12-13H2,1H3,(H,25,27)/t16-/m0/s1. The van der Waals surface area contributed by atoms with Gasteiger partial charge in [0, 0.05) is 17.6 Å². The van der Waals surface area contributed by atoms with Crippen LogP contribution in [-0.2, 0) is 6.42 Å². The Balaban J connectivity index is 1.55. The van der Waals surface area contributed by atoms with Crippen molar-refractivity contribution < 1.29 is 4.79 Å². The summed E-state index contributed by atoms with van der Waals surface area (Å²) >= 11 is 1.38. The first-order chi connectivity index (χ1) is 14.1. The maximum absolute atomic E-state index is 13.1. The summed E-state index contributed by atoms with van der Waals surface area (Å²) in [5.74, 6) is -0.386. The predicted molar refractivity (Wildman–Crippen MR) is 116 cm³/mol. The SMILES string of the molecule is C[C@@H](CCc1ccccc1)NC(=O)c1cnc2scc(-c3ccccc3)n2c1=O. The number of carbonyl (C=O) groups excluding carboxylic acids is 1. The van der Waals surface area contributed by atoms with Crippen molar-refractivity contribution in [1.29, 1.82) is 0 Å². The Bertz CT molecular complexity index is 1180. The molecule has 0 aliphatic heterocycles. The van der Waals surface area contributed by atoms with Gasteiger partial charge in [-0.1, -0.05) is 60.7 Å². The van der Waals surface area contributed by atoms with Gasteiger partial charge in [-0.05, 0) is 30.9 Å². The Labute approximate surface area is 172 Å². The van der Waals surface area contributed by atoms with Crippen LogP contribution in [0.5, 0.6) is 0 Å². The molecule has 6 heteroatoms. The molecule has 2 aromatic carbocycles. The highest BCUT2D eigenvalue weighted by Gasteiger charge is 2.18. The molecule has 146 valence electrons. The maximum Gasteiger partial charge on any atom is 0.271 e. The molecule has 1 amide bonds. The average molecular weight is 404 g/mol. The molecule has 0 spiro atoms. The number of amides is 1. The number of carbonyl (C=O) groups is 1. The summed E-state index contributed by atoms with van der Waals surface area (Å²) in [5, 5.41) is 4.83. The lowest BCUT2D eigenvalue weighted by molar-refractivity contribution is 0.0936. The number of hydrogen-bond acceptors (Lipinski definition) is 4. The van der Waals surface area contributed by atoms with E-state index >= 15 is 0 Å². The highest BCUT2D eigenvalue weighted by Crippen LogP contribution is 2.23. The van der Waals surface area contributed by atoms with Crippen molar-refractivity contribution in [2.45, 2.75) is 25.8 Å². The Hall–Kier alpha value is -3.25. The Kier molecular flexibility index (Phi) is 5.53. The number of nitrogens with zero attached hydrogens (tertiary/aromatic N) is 2. The van der Waals surface area contributed by atoms with Gasteiger partial charge < -0.3 is 5.32 Å². The van der Waals surface area contributed by atoms with Gasteiger partial charge in [0.05, 0.1) is 5.69 Å². The first-order valence-corrected chi connectivity index (χ1v) is 10.4. The highest BCUT2D eigenvalue weighted by molar-refractivity contribution is 7.15. The van der Waals surface area contributed by atoms with Crippen LogP contribution in [0.25, 0.3) is 16.2 Å². The van der Waals surface area contributed by atoms with Gasteiger partial charge in [-0.2, -0.15) is 0 Å². The molecule has 0 aliphatic carbocycles. The van der Waals surface area contributed by atoms with Crippen LogP contribution in [0.3, 0.4) is 0 Å². The van der Waals surface area contributed by atoms with Gasteiger partial charge in [0.2, 0.25) is 0 Å². The van der Waals surface area contributed by atoms with E-state index in [0.29, 0.717) is 4.96 Å². The molecule has 1 N–H and O–H groups in total. The summed E-state index contributed by atoms with van der Waals surface area (Å²) in [6.07, 6.45) is 3.03. The van der Waals surface area contributed by atoms with E-state index in [2.05, 4.69) is 22.4 Å². The predicted octanol–water partition coefficient (Wildman–Crippen LogP) is 4.17. The van der Waals surface area contributed by atoms with Crippen LogP contribution in [-0.4, -0.2) is 21.3 Å². The van der Waals surface area contributed by atoms with Crippen LogP contribution >= 0.6 is 11.3 Å². The number of fused-ring (bicyclic) bond motifs is 1. The van der Waals surface area contributed by atoms with Crippen molar-refractivity contribution in [3.05, 3.63) is 93.7 Å². The van der Waals surface area contributed by atoms with Crippen molar-refractivity contribution in [3.63, 3.8) is 0 Å². The molecule has 1 atom stereocenters. The molecule has 2 heterocycles. The zero-order valence-electron chi connectivity index (χ0n) is 16.0. The molecular formula is C23H21N3O2S. The second-order valence-corrected chi connectivity index (χ2v) is 7.82. The Morgan fingerprint density at radius 3 is 2.52 bits per heavy atom. The first kappa shape index (κ1) is 19.1. The fraction of sp³-hybridized carbons (Fsp3) is 0.174. The Morgan fingerprint density at radius 1 is 1.10 bits per heavy atom. The van der Waals surface area contributed by atoms with Gasteiger partial charge in [0.15, 0.2) is 4.96 Å². The normalized spacial score (nSPS) is 12.0. The summed E-state index contributed by atoms with van der Waals surface area (Å²) in [6, 6.07) is 19.7. The molecule has 5 nitrogen and oxygen atoms in total. The molecule has 0 saturated carbocycles. The monoisotopic (exact) mass is 403 g/mol. The smallest absolute Gasteiger partial charge is 0.271 e. The number of nitrogens with one attached hydrogen (secondary N) is 1. The molecule has 0 aliphatic rings. The first-order valence-electron chi connectivity index (χ1n) is 9.53. The number of aromatic nitrogens is 2. The maximum atomic E-state index is 13.1. The van der Waals surface area contributed by atoms with E-state index in [0.717, 1.165) is 24.1 Å². The van der Waals surface area contributed by atoms with Gasteiger partial charge in [-0.3, -0.25) is 14.0 Å². The fourth-order valence-corrected chi connectivity index (χ4v) is 4.12. The van der Waals surface area contributed by atoms with Gasteiger partial charge in [-0.25, -0.2) is 4.98 Å². The molecule has 0 saturated heterocycles. The lowest BCUT2D eigenvalue weighted by atomic mass is 10.1. The molecule has 2 aromatic heterocycles. The van der Waals surface area contributed by atoms with Crippen molar-refractivity contribution in [3.8, 4) is 11.3 Å². The van der Waals surface area contributed by atoms with Crippen LogP contribution in [0.1, 0.15) is 29.3 Å². The number of thiazole rings is 1. The van der Waals surface area contributed by atoms with E-state index in [4.69, 9.17) is 0 Å². The highest BCUT2D eigenvalue weighted by atomic mass is 32.1. The third-order valence-electron chi connectivity index (χ3n) is 4.85. The minimum absolute atomic E-state index is 0.0566. The fourth-order valence-electron chi connectivity index (χ4n) is 3.26. The minimum Gasteiger partial charge on any atom is -0.349 e. The minimum atomic E-state index is -0.386. The number of hydrogen-bond donors (Lipinski definition) is 1. The van der Waals surface area contributed by atoms with Crippen LogP contribution in [0.15, 0.2) is 77.0 Å². The average Bonchev–Trinajstić information content (AvgIpc) is 3.19. The van der Waals surface area contributed by atoms with E-state index < -0.39 is 0 Å². The number of benzene rings is 2. The van der Waals surface area contributed by atoms with Crippen LogP contribution in [0, 0.1) is 0 Å². The van der Waals surface area contributed by atoms with Gasteiger partial charge in [0.1, 0.15) is 5.56 Å². The summed E-state index contributed by atoms with van der Waals surface area (Å²) < 4.78 is 1.52. The van der Waals surface area contributed by atoms with Crippen molar-refractivity contribution in [2.75, 3.05) is 0 Å². The van der Waals surface area contributed by atoms with Gasteiger partial charge in [-0.15, -0.1) is 11.3 Å². The van der Waals surface area contributed by atoms with Crippen LogP contribution in [0.4, 0.5) is 0 Å². The molecule has 4 rings (SSSR count). The molecule has 0 bridgehead atoms. The van der Waals surface area contributed by atoms with Crippen molar-refractivity contribution >= 4 is 22.2 Å². The summed E-state index contributed by atoms with van der Waals surface area (Å²) in [4.78, 5) is 30.7. The molecule has 0 fully saturated rings. The van der Waals surface area contributed by atoms with Gasteiger partial charge in [0.25, 0.3) is 11.5 Å². The molecule has 4 aromatic rings. The van der Waals surface area contributed by atoms with E-state index in [1.165, 1.54) is 27.5 Å². The third-order valence-corrected chi connectivity index (χ3v) is 5.69. The lowest BCUT2D eigenvalue weighted by Gasteiger charge is -2.13. The zero-order valence-corrected chi connectivity index (χ0v) is 16.9. The summed E-state index contributed by atoms with van der Waals surface area (Å²) in [5.41, 5.74) is 2.60. The lowest BCUT2D eigenvalue weighted by Crippen LogP contribution is -2.37. The number of aryl methyl sites for hydroxylation is 1. The largest absolute Gasteiger partial charge is 0.349 e. The van der Waals surface area contributed by atoms with Gasteiger partial charge >= 0.3 is 0 Å². The van der Waals surface area contributed by atoms with Crippen LogP contribution in [0.2, 0.25) is 0 Å². The van der Waals surface area contributed by atoms with E-state index in [1.54, 1.807) is 0 Å². The van der Waals surface area contributed by atoms with Crippen molar-refractivity contribution in [1.82, 2.24) is 14.7 Å². The molecular weight excluding hydrogens is 382 g/mol. The van der Waals surface area contributed by atoms with E-state index in [-0.39, 0.29) is 23.1 Å². The molecule has 29 heavy (non-hydrogen) atoms. The number of rotatable bonds is 6. The quantitative estimate of drug-likeness (QED) is 0.525. The summed E-state index contributed by atoms with van der Waals surface area (Å²) in [6.45, 7) is 1.95. The second-order valence-electron chi connectivity index (χ2n) is 6.98.